The summed E-state index contributed by atoms with van der Waals surface area (Å²) in [6.07, 6.45) is 3.41. The molecule has 0 bridgehead atoms. The van der Waals surface area contributed by atoms with Crippen LogP contribution in [-0.2, 0) is 10.3 Å². The maximum absolute atomic E-state index is 12.6. The number of hydrogen-bond acceptors (Lipinski definition) is 1. The first-order chi connectivity index (χ1) is 12.2. The summed E-state index contributed by atoms with van der Waals surface area (Å²) in [4.78, 5) is 12.6. The zero-order valence-corrected chi connectivity index (χ0v) is 14.2. The van der Waals surface area contributed by atoms with E-state index < -0.39 is 5.54 Å². The molecule has 0 atom stereocenters. The number of amides is 1. The van der Waals surface area contributed by atoms with Crippen molar-refractivity contribution in [2.45, 2.75) is 12.5 Å². The molecule has 1 N–H and O–H groups in total. The van der Waals surface area contributed by atoms with Gasteiger partial charge in [0.2, 0.25) is 5.91 Å². The lowest BCUT2D eigenvalue weighted by Gasteiger charge is -2.31. The van der Waals surface area contributed by atoms with Crippen LogP contribution in [0.2, 0.25) is 0 Å². The molecular formula is C23H21NO. The molecule has 25 heavy (non-hydrogen) atoms. The number of carbonyl (C=O) groups excluding carboxylic acids is 1. The van der Waals surface area contributed by atoms with Crippen molar-refractivity contribution in [1.82, 2.24) is 5.32 Å². The number of carbonyl (C=O) groups is 1. The third kappa shape index (κ3) is 4.04. The highest BCUT2D eigenvalue weighted by atomic mass is 16.1. The van der Waals surface area contributed by atoms with E-state index >= 15 is 0 Å². The van der Waals surface area contributed by atoms with Crippen molar-refractivity contribution in [1.29, 1.82) is 0 Å². The average molecular weight is 327 g/mol. The number of hydrogen-bond donors (Lipinski definition) is 1. The lowest BCUT2D eigenvalue weighted by molar-refractivity contribution is -0.117. The molecule has 0 spiro atoms. The molecule has 3 aromatic rings. The second-order valence-corrected chi connectivity index (χ2v) is 6.09. The predicted octanol–water partition coefficient (Wildman–Crippen LogP) is 4.78. The summed E-state index contributed by atoms with van der Waals surface area (Å²) >= 11 is 0. The Morgan fingerprint density at radius 1 is 0.760 bits per heavy atom. The summed E-state index contributed by atoms with van der Waals surface area (Å²) in [5, 5.41) is 3.17. The smallest absolute Gasteiger partial charge is 0.244 e. The molecule has 2 heteroatoms. The van der Waals surface area contributed by atoms with E-state index in [2.05, 4.69) is 5.32 Å². The van der Waals surface area contributed by atoms with Crippen LogP contribution >= 0.6 is 0 Å². The van der Waals surface area contributed by atoms with Gasteiger partial charge in [-0.3, -0.25) is 4.79 Å². The Balaban J connectivity index is 1.88. The predicted molar refractivity (Wildman–Crippen MR) is 103 cm³/mol. The normalized spacial score (nSPS) is 11.4. The van der Waals surface area contributed by atoms with Crippen molar-refractivity contribution >= 4 is 12.0 Å². The van der Waals surface area contributed by atoms with Crippen LogP contribution < -0.4 is 5.32 Å². The van der Waals surface area contributed by atoms with Crippen LogP contribution in [0.25, 0.3) is 6.08 Å². The van der Waals surface area contributed by atoms with E-state index in [1.807, 2.05) is 104 Å². The van der Waals surface area contributed by atoms with Crippen LogP contribution in [0.15, 0.2) is 97.1 Å². The second-order valence-electron chi connectivity index (χ2n) is 6.09. The van der Waals surface area contributed by atoms with E-state index in [-0.39, 0.29) is 5.91 Å². The molecule has 0 saturated heterocycles. The van der Waals surface area contributed by atoms with E-state index in [0.717, 1.165) is 16.7 Å². The molecule has 0 fully saturated rings. The third-order valence-electron chi connectivity index (χ3n) is 4.30. The van der Waals surface area contributed by atoms with Gasteiger partial charge >= 0.3 is 0 Å². The van der Waals surface area contributed by atoms with E-state index in [9.17, 15) is 4.79 Å². The average Bonchev–Trinajstić information content (AvgIpc) is 2.68. The maximum atomic E-state index is 12.6. The molecule has 1 amide bonds. The molecule has 0 aliphatic heterocycles. The number of nitrogens with one attached hydrogen (secondary N) is 1. The molecular weight excluding hydrogens is 306 g/mol. The van der Waals surface area contributed by atoms with Gasteiger partial charge in [0.25, 0.3) is 0 Å². The van der Waals surface area contributed by atoms with E-state index in [4.69, 9.17) is 0 Å². The van der Waals surface area contributed by atoms with Crippen LogP contribution in [0.1, 0.15) is 23.6 Å². The molecule has 0 aliphatic carbocycles. The first kappa shape index (κ1) is 16.7. The standard InChI is InChI=1S/C23H21NO/c1-23(20-13-7-3-8-14-20,21-15-9-4-10-16-21)24-22(25)18-17-19-11-5-2-6-12-19/h2-18H,1H3,(H,24,25)/b18-17+. The minimum atomic E-state index is -0.597. The van der Waals surface area contributed by atoms with Gasteiger partial charge in [0.1, 0.15) is 0 Å². The summed E-state index contributed by atoms with van der Waals surface area (Å²) in [5.74, 6) is -0.126. The van der Waals surface area contributed by atoms with Crippen LogP contribution in [-0.4, -0.2) is 5.91 Å². The zero-order valence-electron chi connectivity index (χ0n) is 14.2. The highest BCUT2D eigenvalue weighted by Gasteiger charge is 2.29. The SMILES string of the molecule is CC(NC(=O)/C=C/c1ccccc1)(c1ccccc1)c1ccccc1. The van der Waals surface area contributed by atoms with Gasteiger partial charge in [-0.05, 0) is 29.7 Å². The van der Waals surface area contributed by atoms with Gasteiger partial charge in [0.15, 0.2) is 0 Å². The van der Waals surface area contributed by atoms with Crippen molar-refractivity contribution < 1.29 is 4.79 Å². The first-order valence-electron chi connectivity index (χ1n) is 8.35. The van der Waals surface area contributed by atoms with Gasteiger partial charge in [-0.2, -0.15) is 0 Å². The molecule has 2 nitrogen and oxygen atoms in total. The van der Waals surface area contributed by atoms with E-state index in [1.165, 1.54) is 0 Å². The lowest BCUT2D eigenvalue weighted by Crippen LogP contribution is -2.43. The minimum absolute atomic E-state index is 0.126. The van der Waals surface area contributed by atoms with Crippen molar-refractivity contribution in [3.05, 3.63) is 114 Å². The summed E-state index contributed by atoms with van der Waals surface area (Å²) in [6.45, 7) is 2.03. The van der Waals surface area contributed by atoms with Crippen molar-refractivity contribution in [3.63, 3.8) is 0 Å². The lowest BCUT2D eigenvalue weighted by atomic mass is 9.84. The Morgan fingerprint density at radius 2 is 1.20 bits per heavy atom. The van der Waals surface area contributed by atoms with Crippen LogP contribution in [0.4, 0.5) is 0 Å². The molecule has 3 rings (SSSR count). The van der Waals surface area contributed by atoms with Crippen molar-refractivity contribution in [2.75, 3.05) is 0 Å². The highest BCUT2D eigenvalue weighted by Crippen LogP contribution is 2.29. The minimum Gasteiger partial charge on any atom is -0.339 e. The monoisotopic (exact) mass is 327 g/mol. The van der Waals surface area contributed by atoms with Crippen LogP contribution in [0.3, 0.4) is 0 Å². The Hall–Kier alpha value is -3.13. The largest absolute Gasteiger partial charge is 0.339 e. The fourth-order valence-corrected chi connectivity index (χ4v) is 2.88. The first-order valence-corrected chi connectivity index (χ1v) is 8.35. The van der Waals surface area contributed by atoms with Crippen molar-refractivity contribution in [2.24, 2.45) is 0 Å². The molecule has 0 unspecified atom stereocenters. The Labute approximate surface area is 148 Å². The zero-order chi connectivity index (χ0) is 17.5. The van der Waals surface area contributed by atoms with E-state index in [0.29, 0.717) is 0 Å². The van der Waals surface area contributed by atoms with Gasteiger partial charge in [-0.25, -0.2) is 0 Å². The summed E-state index contributed by atoms with van der Waals surface area (Å²) in [5.41, 5.74) is 2.49. The van der Waals surface area contributed by atoms with Gasteiger partial charge in [-0.15, -0.1) is 0 Å². The van der Waals surface area contributed by atoms with Gasteiger partial charge in [0.05, 0.1) is 5.54 Å². The molecule has 0 aromatic heterocycles. The Kier molecular flexibility index (Phi) is 5.10. The number of rotatable bonds is 5. The Bertz CT molecular complexity index is 800. The topological polar surface area (TPSA) is 29.1 Å². The maximum Gasteiger partial charge on any atom is 0.244 e. The third-order valence-corrected chi connectivity index (χ3v) is 4.30. The molecule has 0 saturated carbocycles. The van der Waals surface area contributed by atoms with Crippen LogP contribution in [0, 0.1) is 0 Å². The summed E-state index contributed by atoms with van der Waals surface area (Å²) in [7, 11) is 0. The quantitative estimate of drug-likeness (QED) is 0.671. The number of benzene rings is 3. The Morgan fingerprint density at radius 3 is 1.68 bits per heavy atom. The molecule has 124 valence electrons. The fourth-order valence-electron chi connectivity index (χ4n) is 2.88. The fraction of sp³-hybridized carbons (Fsp3) is 0.0870. The van der Waals surface area contributed by atoms with Crippen molar-refractivity contribution in [3.8, 4) is 0 Å². The van der Waals surface area contributed by atoms with Gasteiger partial charge in [-0.1, -0.05) is 91.0 Å². The summed E-state index contributed by atoms with van der Waals surface area (Å²) in [6, 6.07) is 29.9. The van der Waals surface area contributed by atoms with Crippen LogP contribution in [0.5, 0.6) is 0 Å². The molecule has 0 aliphatic rings. The van der Waals surface area contributed by atoms with Gasteiger partial charge < -0.3 is 5.32 Å². The highest BCUT2D eigenvalue weighted by molar-refractivity contribution is 5.92. The van der Waals surface area contributed by atoms with Gasteiger partial charge in [0, 0.05) is 6.08 Å². The molecule has 3 aromatic carbocycles. The second kappa shape index (κ2) is 7.63. The molecule has 0 radical (unpaired) electrons. The molecule has 0 heterocycles. The summed E-state index contributed by atoms with van der Waals surface area (Å²) < 4.78 is 0. The van der Waals surface area contributed by atoms with E-state index in [1.54, 1.807) is 6.08 Å².